The Morgan fingerprint density at radius 1 is 1.47 bits per heavy atom. The standard InChI is InChI=1S/C15H22N2O2/c1-16-13-8-5-9-17(10-13)11-14(15(18)19)12-6-3-2-4-7-12/h2-4,6-7,13-14,16H,5,8-11H2,1H3,(H,18,19). The van der Waals surface area contributed by atoms with Gasteiger partial charge in [0.25, 0.3) is 0 Å². The van der Waals surface area contributed by atoms with Gasteiger partial charge >= 0.3 is 5.97 Å². The highest BCUT2D eigenvalue weighted by Crippen LogP contribution is 2.20. The predicted octanol–water partition coefficient (Wildman–Crippen LogP) is 1.54. The van der Waals surface area contributed by atoms with Crippen LogP contribution in [0.25, 0.3) is 0 Å². The molecule has 0 radical (unpaired) electrons. The number of nitrogens with zero attached hydrogens (tertiary/aromatic N) is 1. The van der Waals surface area contributed by atoms with Crippen LogP contribution in [0.4, 0.5) is 0 Å². The van der Waals surface area contributed by atoms with Crippen LogP contribution < -0.4 is 5.32 Å². The molecule has 1 fully saturated rings. The van der Waals surface area contributed by atoms with E-state index in [1.807, 2.05) is 37.4 Å². The van der Waals surface area contributed by atoms with Gasteiger partial charge in [0, 0.05) is 19.1 Å². The third-order valence-corrected chi connectivity index (χ3v) is 3.85. The largest absolute Gasteiger partial charge is 0.481 e. The lowest BCUT2D eigenvalue weighted by molar-refractivity contribution is -0.139. The van der Waals surface area contributed by atoms with Crippen molar-refractivity contribution >= 4 is 5.97 Å². The highest BCUT2D eigenvalue weighted by atomic mass is 16.4. The Bertz CT molecular complexity index is 408. The molecule has 104 valence electrons. The van der Waals surface area contributed by atoms with Crippen LogP contribution >= 0.6 is 0 Å². The summed E-state index contributed by atoms with van der Waals surface area (Å²) in [6.45, 7) is 2.53. The molecule has 0 amide bonds. The van der Waals surface area contributed by atoms with Gasteiger partial charge in [-0.15, -0.1) is 0 Å². The Hall–Kier alpha value is -1.39. The molecule has 1 aliphatic rings. The van der Waals surface area contributed by atoms with E-state index >= 15 is 0 Å². The summed E-state index contributed by atoms with van der Waals surface area (Å²) in [4.78, 5) is 13.7. The van der Waals surface area contributed by atoms with Gasteiger partial charge in [-0.1, -0.05) is 30.3 Å². The molecule has 2 rings (SSSR count). The Kier molecular flexibility index (Phi) is 4.93. The van der Waals surface area contributed by atoms with E-state index in [-0.39, 0.29) is 0 Å². The van der Waals surface area contributed by atoms with E-state index in [0.29, 0.717) is 12.6 Å². The Labute approximate surface area is 114 Å². The zero-order valence-electron chi connectivity index (χ0n) is 11.4. The van der Waals surface area contributed by atoms with Crippen LogP contribution in [0.3, 0.4) is 0 Å². The molecular weight excluding hydrogens is 240 g/mol. The molecule has 2 N–H and O–H groups in total. The fourth-order valence-corrected chi connectivity index (χ4v) is 2.73. The normalized spacial score (nSPS) is 22.1. The van der Waals surface area contributed by atoms with Crippen molar-refractivity contribution in [3.05, 3.63) is 35.9 Å². The molecule has 0 aromatic heterocycles. The molecule has 19 heavy (non-hydrogen) atoms. The van der Waals surface area contributed by atoms with Gasteiger partial charge in [0.1, 0.15) is 0 Å². The van der Waals surface area contributed by atoms with Crippen LogP contribution in [0.1, 0.15) is 24.3 Å². The maximum Gasteiger partial charge on any atom is 0.312 e. The molecule has 0 aliphatic carbocycles. The summed E-state index contributed by atoms with van der Waals surface area (Å²) in [5, 5.41) is 12.7. The first kappa shape index (κ1) is 14.0. The number of rotatable bonds is 5. The van der Waals surface area contributed by atoms with Crippen LogP contribution in [0.5, 0.6) is 0 Å². The number of aliphatic carboxylic acids is 1. The van der Waals surface area contributed by atoms with E-state index in [4.69, 9.17) is 0 Å². The third-order valence-electron chi connectivity index (χ3n) is 3.85. The van der Waals surface area contributed by atoms with Crippen LogP contribution in [-0.4, -0.2) is 48.7 Å². The van der Waals surface area contributed by atoms with Gasteiger partial charge in [-0.2, -0.15) is 0 Å². The summed E-state index contributed by atoms with van der Waals surface area (Å²) >= 11 is 0. The number of carboxylic acid groups (broad SMARTS) is 1. The van der Waals surface area contributed by atoms with Crippen molar-refractivity contribution in [2.75, 3.05) is 26.7 Å². The Morgan fingerprint density at radius 2 is 2.21 bits per heavy atom. The fraction of sp³-hybridized carbons (Fsp3) is 0.533. The highest BCUT2D eigenvalue weighted by molar-refractivity contribution is 5.76. The number of carboxylic acids is 1. The van der Waals surface area contributed by atoms with Crippen molar-refractivity contribution in [2.24, 2.45) is 0 Å². The van der Waals surface area contributed by atoms with Crippen LogP contribution in [0.2, 0.25) is 0 Å². The minimum absolute atomic E-state index is 0.434. The summed E-state index contributed by atoms with van der Waals surface area (Å²) in [6, 6.07) is 10.0. The van der Waals surface area contributed by atoms with Crippen molar-refractivity contribution in [1.82, 2.24) is 10.2 Å². The molecular formula is C15H22N2O2. The van der Waals surface area contributed by atoms with E-state index in [1.165, 1.54) is 6.42 Å². The molecule has 4 nitrogen and oxygen atoms in total. The van der Waals surface area contributed by atoms with E-state index in [9.17, 15) is 9.90 Å². The molecule has 1 aliphatic heterocycles. The molecule has 0 saturated carbocycles. The number of hydrogen-bond acceptors (Lipinski definition) is 3. The summed E-state index contributed by atoms with van der Waals surface area (Å²) in [5.41, 5.74) is 0.890. The quantitative estimate of drug-likeness (QED) is 0.845. The second-order valence-electron chi connectivity index (χ2n) is 5.19. The summed E-state index contributed by atoms with van der Waals surface area (Å²) in [5.74, 6) is -1.17. The highest BCUT2D eigenvalue weighted by Gasteiger charge is 2.26. The van der Waals surface area contributed by atoms with Crippen molar-refractivity contribution in [3.8, 4) is 0 Å². The SMILES string of the molecule is CNC1CCCN(CC(C(=O)O)c2ccccc2)C1. The van der Waals surface area contributed by atoms with Gasteiger partial charge in [0.2, 0.25) is 0 Å². The van der Waals surface area contributed by atoms with Gasteiger partial charge in [0.15, 0.2) is 0 Å². The summed E-state index contributed by atoms with van der Waals surface area (Å²) in [7, 11) is 1.97. The molecule has 0 bridgehead atoms. The van der Waals surface area contributed by atoms with Crippen molar-refractivity contribution in [2.45, 2.75) is 24.8 Å². The molecule has 1 aromatic carbocycles. The van der Waals surface area contributed by atoms with Crippen LogP contribution in [0.15, 0.2) is 30.3 Å². The van der Waals surface area contributed by atoms with E-state index in [1.54, 1.807) is 0 Å². The summed E-state index contributed by atoms with van der Waals surface area (Å²) < 4.78 is 0. The maximum absolute atomic E-state index is 11.5. The average molecular weight is 262 g/mol. The topological polar surface area (TPSA) is 52.6 Å². The monoisotopic (exact) mass is 262 g/mol. The van der Waals surface area contributed by atoms with Crippen LogP contribution in [0, 0.1) is 0 Å². The van der Waals surface area contributed by atoms with Crippen molar-refractivity contribution in [3.63, 3.8) is 0 Å². The zero-order chi connectivity index (χ0) is 13.7. The van der Waals surface area contributed by atoms with Crippen molar-refractivity contribution in [1.29, 1.82) is 0 Å². The number of likely N-dealkylation sites (N-methyl/N-ethyl adjacent to an activating group) is 1. The minimum Gasteiger partial charge on any atom is -0.481 e. The smallest absolute Gasteiger partial charge is 0.312 e. The molecule has 0 spiro atoms. The van der Waals surface area contributed by atoms with Gasteiger partial charge in [-0.3, -0.25) is 4.79 Å². The number of hydrogen-bond donors (Lipinski definition) is 2. The molecule has 1 heterocycles. The lowest BCUT2D eigenvalue weighted by atomic mass is 9.97. The fourth-order valence-electron chi connectivity index (χ4n) is 2.73. The number of carbonyl (C=O) groups is 1. The molecule has 1 saturated heterocycles. The van der Waals surface area contributed by atoms with Gasteiger partial charge in [-0.25, -0.2) is 0 Å². The van der Waals surface area contributed by atoms with E-state index in [2.05, 4.69) is 10.2 Å². The first-order valence-corrected chi connectivity index (χ1v) is 6.88. The molecule has 2 unspecified atom stereocenters. The Balaban J connectivity index is 2.03. The zero-order valence-corrected chi connectivity index (χ0v) is 11.4. The Morgan fingerprint density at radius 3 is 2.84 bits per heavy atom. The van der Waals surface area contributed by atoms with Gasteiger partial charge < -0.3 is 15.3 Å². The lowest BCUT2D eigenvalue weighted by Crippen LogP contribution is -2.46. The second kappa shape index (κ2) is 6.68. The third kappa shape index (κ3) is 3.78. The second-order valence-corrected chi connectivity index (χ2v) is 5.19. The predicted molar refractivity (Wildman–Crippen MR) is 75.3 cm³/mol. The van der Waals surface area contributed by atoms with E-state index in [0.717, 1.165) is 25.1 Å². The maximum atomic E-state index is 11.5. The van der Waals surface area contributed by atoms with Crippen LogP contribution in [-0.2, 0) is 4.79 Å². The van der Waals surface area contributed by atoms with E-state index < -0.39 is 11.9 Å². The minimum atomic E-state index is -0.738. The molecule has 4 heteroatoms. The lowest BCUT2D eigenvalue weighted by Gasteiger charge is -2.34. The molecule has 1 aromatic rings. The number of nitrogens with one attached hydrogen (secondary N) is 1. The number of benzene rings is 1. The first-order valence-electron chi connectivity index (χ1n) is 6.88. The number of piperidine rings is 1. The molecule has 2 atom stereocenters. The van der Waals surface area contributed by atoms with Gasteiger partial charge in [0.05, 0.1) is 5.92 Å². The first-order chi connectivity index (χ1) is 9.20. The van der Waals surface area contributed by atoms with Gasteiger partial charge in [-0.05, 0) is 32.0 Å². The number of likely N-dealkylation sites (tertiary alicyclic amines) is 1. The average Bonchev–Trinajstić information content (AvgIpc) is 2.45. The van der Waals surface area contributed by atoms with Crippen molar-refractivity contribution < 1.29 is 9.90 Å². The summed E-state index contributed by atoms with van der Waals surface area (Å²) in [6.07, 6.45) is 2.31.